The fraction of sp³-hybridized carbons (Fsp3) is 0.538. The zero-order valence-corrected chi connectivity index (χ0v) is 10.6. The Balaban J connectivity index is 2.53. The Hall–Kier alpha value is -1.24. The van der Waals surface area contributed by atoms with Crippen LogP contribution in [0.25, 0.3) is 0 Å². The standard InChI is InChI=1S/C13H13F6N/c1-20-11(7-2-3-7)9-6-8(12(14,15)16)4-5-10(9)13(17,18)19/h4-7,11,20H,2-3H2,1H3. The Morgan fingerprint density at radius 1 is 1.05 bits per heavy atom. The van der Waals surface area contributed by atoms with Gasteiger partial charge in [0, 0.05) is 6.04 Å². The van der Waals surface area contributed by atoms with E-state index in [-0.39, 0.29) is 11.5 Å². The van der Waals surface area contributed by atoms with Crippen LogP contribution in [0.5, 0.6) is 0 Å². The van der Waals surface area contributed by atoms with Gasteiger partial charge in [0.05, 0.1) is 11.1 Å². The van der Waals surface area contributed by atoms with Crippen LogP contribution >= 0.6 is 0 Å². The molecule has 1 unspecified atom stereocenters. The Labute approximate surface area is 112 Å². The molecule has 0 heterocycles. The lowest BCUT2D eigenvalue weighted by atomic mass is 9.94. The second-order valence-electron chi connectivity index (χ2n) is 4.90. The van der Waals surface area contributed by atoms with Crippen molar-refractivity contribution in [2.75, 3.05) is 7.05 Å². The van der Waals surface area contributed by atoms with Crippen molar-refractivity contribution in [1.82, 2.24) is 5.32 Å². The first-order chi connectivity index (χ1) is 9.14. The van der Waals surface area contributed by atoms with E-state index in [0.29, 0.717) is 18.2 Å². The van der Waals surface area contributed by atoms with E-state index in [1.54, 1.807) is 0 Å². The van der Waals surface area contributed by atoms with Gasteiger partial charge in [-0.25, -0.2) is 0 Å². The smallest absolute Gasteiger partial charge is 0.313 e. The van der Waals surface area contributed by atoms with Gasteiger partial charge in [0.2, 0.25) is 0 Å². The van der Waals surface area contributed by atoms with Gasteiger partial charge in [0.1, 0.15) is 0 Å². The first-order valence-corrected chi connectivity index (χ1v) is 6.10. The molecule has 1 N–H and O–H groups in total. The summed E-state index contributed by atoms with van der Waals surface area (Å²) in [7, 11) is 1.46. The third-order valence-electron chi connectivity index (χ3n) is 3.42. The van der Waals surface area contributed by atoms with E-state index in [9.17, 15) is 26.3 Å². The Bertz CT molecular complexity index is 487. The summed E-state index contributed by atoms with van der Waals surface area (Å²) in [5, 5.41) is 2.70. The minimum Gasteiger partial charge on any atom is -0.313 e. The van der Waals surface area contributed by atoms with E-state index in [1.165, 1.54) is 7.05 Å². The number of alkyl halides is 6. The second-order valence-corrected chi connectivity index (χ2v) is 4.90. The lowest BCUT2D eigenvalue weighted by molar-refractivity contribution is -0.142. The van der Waals surface area contributed by atoms with Gasteiger partial charge in [-0.3, -0.25) is 0 Å². The first kappa shape index (κ1) is 15.2. The molecule has 1 fully saturated rings. The molecule has 0 radical (unpaired) electrons. The molecule has 7 heteroatoms. The van der Waals surface area contributed by atoms with E-state index in [2.05, 4.69) is 5.32 Å². The van der Waals surface area contributed by atoms with E-state index in [0.717, 1.165) is 12.8 Å². The average Bonchev–Trinajstić information content (AvgIpc) is 3.12. The summed E-state index contributed by atoms with van der Waals surface area (Å²) in [6.45, 7) is 0. The number of halogens is 6. The van der Waals surface area contributed by atoms with E-state index >= 15 is 0 Å². The fourth-order valence-corrected chi connectivity index (χ4v) is 2.33. The zero-order valence-electron chi connectivity index (χ0n) is 10.6. The Kier molecular flexibility index (Phi) is 3.75. The van der Waals surface area contributed by atoms with Crippen LogP contribution in [0.3, 0.4) is 0 Å². The molecule has 20 heavy (non-hydrogen) atoms. The number of hydrogen-bond acceptors (Lipinski definition) is 1. The number of nitrogens with one attached hydrogen (secondary N) is 1. The molecule has 0 aromatic heterocycles. The zero-order chi connectivity index (χ0) is 15.1. The predicted molar refractivity (Wildman–Crippen MR) is 61.0 cm³/mol. The predicted octanol–water partition coefficient (Wildman–Crippen LogP) is 4.39. The lowest BCUT2D eigenvalue weighted by Crippen LogP contribution is -2.23. The van der Waals surface area contributed by atoms with E-state index in [1.807, 2.05) is 0 Å². The highest BCUT2D eigenvalue weighted by Gasteiger charge is 2.41. The van der Waals surface area contributed by atoms with Crippen LogP contribution in [0.2, 0.25) is 0 Å². The Morgan fingerprint density at radius 3 is 2.05 bits per heavy atom. The molecule has 1 aromatic carbocycles. The molecule has 112 valence electrons. The van der Waals surface area contributed by atoms with Crippen molar-refractivity contribution in [2.45, 2.75) is 31.2 Å². The van der Waals surface area contributed by atoms with Crippen LogP contribution < -0.4 is 5.32 Å². The van der Waals surface area contributed by atoms with Crippen molar-refractivity contribution < 1.29 is 26.3 Å². The summed E-state index contributed by atoms with van der Waals surface area (Å²) >= 11 is 0. The molecule has 1 atom stereocenters. The lowest BCUT2D eigenvalue weighted by Gasteiger charge is -2.22. The molecular formula is C13H13F6N. The third-order valence-corrected chi connectivity index (χ3v) is 3.42. The summed E-state index contributed by atoms with van der Waals surface area (Å²) in [6.07, 6.45) is -7.87. The number of hydrogen-bond donors (Lipinski definition) is 1. The second kappa shape index (κ2) is 4.95. The van der Waals surface area contributed by atoms with Crippen molar-refractivity contribution in [2.24, 2.45) is 5.92 Å². The molecule has 0 spiro atoms. The highest BCUT2D eigenvalue weighted by atomic mass is 19.4. The third kappa shape index (κ3) is 3.08. The monoisotopic (exact) mass is 297 g/mol. The number of benzene rings is 1. The molecule has 1 nitrogen and oxygen atoms in total. The maximum Gasteiger partial charge on any atom is 0.416 e. The van der Waals surface area contributed by atoms with E-state index < -0.39 is 29.5 Å². The van der Waals surface area contributed by atoms with Crippen molar-refractivity contribution in [1.29, 1.82) is 0 Å². The number of rotatable bonds is 3. The van der Waals surface area contributed by atoms with Gasteiger partial charge in [0.15, 0.2) is 0 Å². The largest absolute Gasteiger partial charge is 0.416 e. The van der Waals surface area contributed by atoms with Gasteiger partial charge in [0.25, 0.3) is 0 Å². The van der Waals surface area contributed by atoms with Crippen molar-refractivity contribution >= 4 is 0 Å². The van der Waals surface area contributed by atoms with Crippen LogP contribution in [-0.2, 0) is 12.4 Å². The van der Waals surface area contributed by atoms with Crippen LogP contribution in [0, 0.1) is 5.92 Å². The molecule has 1 aliphatic carbocycles. The summed E-state index contributed by atoms with van der Waals surface area (Å²) in [4.78, 5) is 0. The molecule has 0 saturated heterocycles. The van der Waals surface area contributed by atoms with Gasteiger partial charge in [-0.1, -0.05) is 0 Å². The molecule has 1 aliphatic rings. The van der Waals surface area contributed by atoms with Gasteiger partial charge in [-0.15, -0.1) is 0 Å². The van der Waals surface area contributed by atoms with Gasteiger partial charge in [-0.2, -0.15) is 26.3 Å². The topological polar surface area (TPSA) is 12.0 Å². The van der Waals surface area contributed by atoms with E-state index in [4.69, 9.17) is 0 Å². The maximum atomic E-state index is 12.9. The van der Waals surface area contributed by atoms with Crippen molar-refractivity contribution in [3.8, 4) is 0 Å². The molecule has 0 bridgehead atoms. The molecule has 1 saturated carbocycles. The van der Waals surface area contributed by atoms with Crippen LogP contribution in [0.1, 0.15) is 35.6 Å². The van der Waals surface area contributed by atoms with Gasteiger partial charge < -0.3 is 5.32 Å². The molecular weight excluding hydrogens is 284 g/mol. The SMILES string of the molecule is CNC(c1cc(C(F)(F)F)ccc1C(F)(F)F)C1CC1. The average molecular weight is 297 g/mol. The molecule has 0 aliphatic heterocycles. The van der Waals surface area contributed by atoms with Crippen LogP contribution in [-0.4, -0.2) is 7.05 Å². The molecule has 0 amide bonds. The first-order valence-electron chi connectivity index (χ1n) is 6.10. The van der Waals surface area contributed by atoms with Gasteiger partial charge >= 0.3 is 12.4 Å². The van der Waals surface area contributed by atoms with Gasteiger partial charge in [-0.05, 0) is 49.6 Å². The minimum atomic E-state index is -4.66. The summed E-state index contributed by atoms with van der Waals surface area (Å²) in [6, 6.07) is 0.910. The van der Waals surface area contributed by atoms with Crippen LogP contribution in [0.4, 0.5) is 26.3 Å². The summed E-state index contributed by atoms with van der Waals surface area (Å²) in [5.41, 5.74) is -2.38. The minimum absolute atomic E-state index is 0.0374. The normalized spacial score (nSPS) is 18.1. The quantitative estimate of drug-likeness (QED) is 0.816. The summed E-state index contributed by atoms with van der Waals surface area (Å²) in [5.74, 6) is -0.0374. The van der Waals surface area contributed by atoms with Crippen molar-refractivity contribution in [3.63, 3.8) is 0 Å². The fourth-order valence-electron chi connectivity index (χ4n) is 2.33. The van der Waals surface area contributed by atoms with Crippen LogP contribution in [0.15, 0.2) is 18.2 Å². The molecule has 2 rings (SSSR count). The highest BCUT2D eigenvalue weighted by molar-refractivity contribution is 5.38. The maximum absolute atomic E-state index is 12.9. The van der Waals surface area contributed by atoms with Crippen molar-refractivity contribution in [3.05, 3.63) is 34.9 Å². The Morgan fingerprint density at radius 2 is 1.65 bits per heavy atom. The molecule has 1 aromatic rings. The highest BCUT2D eigenvalue weighted by Crippen LogP contribution is 2.46. The summed E-state index contributed by atoms with van der Waals surface area (Å²) < 4.78 is 76.9.